The second kappa shape index (κ2) is 9.50. The molecule has 0 spiro atoms. The van der Waals surface area contributed by atoms with Crippen LogP contribution in [0.5, 0.6) is 0 Å². The highest BCUT2D eigenvalue weighted by atomic mass is 16.4. The maximum Gasteiger partial charge on any atom is 0.328 e. The molecule has 0 radical (unpaired) electrons. The highest BCUT2D eigenvalue weighted by molar-refractivity contribution is 5.89. The minimum absolute atomic E-state index is 0.338. The molecule has 7 heteroatoms. The third kappa shape index (κ3) is 11.9. The van der Waals surface area contributed by atoms with Gasteiger partial charge in [0, 0.05) is 25.2 Å². The molecule has 0 bridgehead atoms. The Hall–Kier alpha value is -2.05. The Morgan fingerprint density at radius 2 is 1.38 bits per heavy atom. The third-order valence-corrected chi connectivity index (χ3v) is 1.44. The van der Waals surface area contributed by atoms with Crippen LogP contribution in [-0.4, -0.2) is 46.2 Å². The minimum atomic E-state index is -1.26. The van der Waals surface area contributed by atoms with Crippen LogP contribution in [-0.2, 0) is 9.59 Å². The first-order valence-corrected chi connectivity index (χ1v) is 4.53. The number of carbonyl (C=O) groups excluding carboxylic acids is 1. The van der Waals surface area contributed by atoms with Crippen molar-refractivity contribution in [2.24, 2.45) is 5.73 Å². The van der Waals surface area contributed by atoms with Crippen molar-refractivity contribution in [3.8, 4) is 0 Å². The van der Waals surface area contributed by atoms with Gasteiger partial charge < -0.3 is 20.8 Å². The van der Waals surface area contributed by atoms with Gasteiger partial charge in [0.1, 0.15) is 0 Å². The Morgan fingerprint density at radius 1 is 1.06 bits per heavy atom. The number of rotatable bonds is 4. The molecule has 4 N–H and O–H groups in total. The van der Waals surface area contributed by atoms with Gasteiger partial charge in [0.05, 0.1) is 0 Å². The molecule has 0 aromatic carbocycles. The van der Waals surface area contributed by atoms with E-state index in [0.717, 1.165) is 0 Å². The molecule has 0 saturated carbocycles. The number of nitrogens with zero attached hydrogens (tertiary/aromatic N) is 1. The summed E-state index contributed by atoms with van der Waals surface area (Å²) in [4.78, 5) is 31.0. The number of hydrogen-bond donors (Lipinski definition) is 3. The van der Waals surface area contributed by atoms with Crippen LogP contribution in [0.2, 0.25) is 0 Å². The highest BCUT2D eigenvalue weighted by Gasteiger charge is 2.00. The molecule has 0 atom stereocenters. The van der Waals surface area contributed by atoms with Crippen LogP contribution in [0.1, 0.15) is 13.8 Å². The summed E-state index contributed by atoms with van der Waals surface area (Å²) in [6.07, 6.45) is 1.12. The number of hydrogen-bond acceptors (Lipinski definition) is 3. The van der Waals surface area contributed by atoms with Gasteiger partial charge in [-0.05, 0) is 13.8 Å². The van der Waals surface area contributed by atoms with Crippen molar-refractivity contribution in [3.05, 3.63) is 12.2 Å². The summed E-state index contributed by atoms with van der Waals surface area (Å²) >= 11 is 0. The standard InChI is InChI=1S/C5H12N2O.C4H4O4/c1-3-7(4-2)5(6)8;5-3(6)1-2-4(7)8/h3-4H2,1-2H3,(H2,6,8);1-2H,(H,5,6)(H,7,8). The summed E-state index contributed by atoms with van der Waals surface area (Å²) in [5.41, 5.74) is 4.94. The van der Waals surface area contributed by atoms with E-state index in [4.69, 9.17) is 15.9 Å². The molecule has 7 nitrogen and oxygen atoms in total. The average Bonchev–Trinajstić information content (AvgIpc) is 2.17. The van der Waals surface area contributed by atoms with E-state index in [1.807, 2.05) is 13.8 Å². The zero-order valence-corrected chi connectivity index (χ0v) is 9.21. The fourth-order valence-electron chi connectivity index (χ4n) is 0.678. The van der Waals surface area contributed by atoms with Crippen molar-refractivity contribution < 1.29 is 24.6 Å². The Morgan fingerprint density at radius 3 is 1.44 bits per heavy atom. The van der Waals surface area contributed by atoms with Crippen molar-refractivity contribution in [1.82, 2.24) is 4.90 Å². The Labute approximate surface area is 93.1 Å². The van der Waals surface area contributed by atoms with Crippen LogP contribution >= 0.6 is 0 Å². The largest absolute Gasteiger partial charge is 0.478 e. The van der Waals surface area contributed by atoms with Crippen LogP contribution in [0.25, 0.3) is 0 Å². The summed E-state index contributed by atoms with van der Waals surface area (Å²) in [5, 5.41) is 15.6. The molecule has 0 aliphatic rings. The lowest BCUT2D eigenvalue weighted by atomic mass is 10.5. The second-order valence-electron chi connectivity index (χ2n) is 2.52. The zero-order chi connectivity index (χ0) is 13.1. The number of aliphatic carboxylic acids is 2. The third-order valence-electron chi connectivity index (χ3n) is 1.44. The van der Waals surface area contributed by atoms with E-state index in [1.54, 1.807) is 4.90 Å². The summed E-state index contributed by atoms with van der Waals surface area (Å²) in [5.74, 6) is -2.51. The van der Waals surface area contributed by atoms with Crippen molar-refractivity contribution in [2.75, 3.05) is 13.1 Å². The van der Waals surface area contributed by atoms with Gasteiger partial charge in [0.25, 0.3) is 0 Å². The van der Waals surface area contributed by atoms with Gasteiger partial charge in [0.2, 0.25) is 0 Å². The SMILES string of the molecule is CCN(CC)C(N)=O.O=C(O)C=CC(=O)O. The normalized spacial score (nSPS) is 9.12. The van der Waals surface area contributed by atoms with Crippen LogP contribution < -0.4 is 5.73 Å². The monoisotopic (exact) mass is 232 g/mol. The van der Waals surface area contributed by atoms with Gasteiger partial charge in [-0.2, -0.15) is 0 Å². The lowest BCUT2D eigenvalue weighted by molar-refractivity contribution is -0.134. The number of primary amides is 1. The van der Waals surface area contributed by atoms with Crippen molar-refractivity contribution in [1.29, 1.82) is 0 Å². The number of carbonyl (C=O) groups is 3. The molecule has 0 heterocycles. The fourth-order valence-corrected chi connectivity index (χ4v) is 0.678. The second-order valence-corrected chi connectivity index (χ2v) is 2.52. The molecule has 0 saturated heterocycles. The summed E-state index contributed by atoms with van der Waals surface area (Å²) in [6, 6.07) is -0.338. The summed E-state index contributed by atoms with van der Waals surface area (Å²) < 4.78 is 0. The molecule has 0 rings (SSSR count). The highest BCUT2D eigenvalue weighted by Crippen LogP contribution is 1.82. The van der Waals surface area contributed by atoms with Crippen molar-refractivity contribution >= 4 is 18.0 Å². The van der Waals surface area contributed by atoms with E-state index in [9.17, 15) is 14.4 Å². The van der Waals surface area contributed by atoms with Gasteiger partial charge in [-0.25, -0.2) is 14.4 Å². The maximum absolute atomic E-state index is 10.3. The van der Waals surface area contributed by atoms with Gasteiger partial charge in [-0.15, -0.1) is 0 Å². The predicted octanol–water partition coefficient (Wildman–Crippen LogP) is 0.119. The lowest BCUT2D eigenvalue weighted by Crippen LogP contribution is -2.35. The molecular weight excluding hydrogens is 216 g/mol. The summed E-state index contributed by atoms with van der Waals surface area (Å²) in [6.45, 7) is 5.19. The average molecular weight is 232 g/mol. The topological polar surface area (TPSA) is 121 Å². The predicted molar refractivity (Wildman–Crippen MR) is 56.9 cm³/mol. The molecule has 0 aliphatic heterocycles. The van der Waals surface area contributed by atoms with E-state index >= 15 is 0 Å². The van der Waals surface area contributed by atoms with E-state index in [0.29, 0.717) is 25.2 Å². The Balaban J connectivity index is 0. The molecule has 92 valence electrons. The van der Waals surface area contributed by atoms with Crippen molar-refractivity contribution in [2.45, 2.75) is 13.8 Å². The van der Waals surface area contributed by atoms with Crippen LogP contribution in [0.4, 0.5) is 4.79 Å². The van der Waals surface area contributed by atoms with Crippen molar-refractivity contribution in [3.63, 3.8) is 0 Å². The lowest BCUT2D eigenvalue weighted by Gasteiger charge is -2.13. The van der Waals surface area contributed by atoms with Gasteiger partial charge in [-0.1, -0.05) is 0 Å². The van der Waals surface area contributed by atoms with E-state index < -0.39 is 11.9 Å². The van der Waals surface area contributed by atoms with Gasteiger partial charge in [0.15, 0.2) is 0 Å². The molecule has 0 aromatic rings. The van der Waals surface area contributed by atoms with Gasteiger partial charge in [-0.3, -0.25) is 0 Å². The van der Waals surface area contributed by atoms with E-state index in [2.05, 4.69) is 0 Å². The Bertz CT molecular complexity index is 255. The molecule has 0 unspecified atom stereocenters. The molecule has 2 amide bonds. The van der Waals surface area contributed by atoms with E-state index in [-0.39, 0.29) is 6.03 Å². The fraction of sp³-hybridized carbons (Fsp3) is 0.444. The maximum atomic E-state index is 10.3. The number of urea groups is 1. The summed E-state index contributed by atoms with van der Waals surface area (Å²) in [7, 11) is 0. The molecule has 0 fully saturated rings. The van der Waals surface area contributed by atoms with Crippen LogP contribution in [0, 0.1) is 0 Å². The first-order chi connectivity index (χ1) is 7.34. The minimum Gasteiger partial charge on any atom is -0.478 e. The first kappa shape index (κ1) is 16.4. The number of carboxylic acid groups (broad SMARTS) is 2. The van der Waals surface area contributed by atoms with E-state index in [1.165, 1.54) is 0 Å². The number of carboxylic acids is 2. The number of amides is 2. The molecule has 16 heavy (non-hydrogen) atoms. The number of nitrogens with two attached hydrogens (primary N) is 1. The molecule has 0 aromatic heterocycles. The first-order valence-electron chi connectivity index (χ1n) is 4.53. The molecule has 0 aliphatic carbocycles. The van der Waals surface area contributed by atoms with Gasteiger partial charge >= 0.3 is 18.0 Å². The molecular formula is C9H16N2O5. The van der Waals surface area contributed by atoms with Crippen LogP contribution in [0.3, 0.4) is 0 Å². The smallest absolute Gasteiger partial charge is 0.328 e. The van der Waals surface area contributed by atoms with Crippen LogP contribution in [0.15, 0.2) is 12.2 Å². The zero-order valence-electron chi connectivity index (χ0n) is 9.21. The Kier molecular flexibility index (Phi) is 9.73. The quantitative estimate of drug-likeness (QED) is 0.594.